The lowest BCUT2D eigenvalue weighted by Crippen LogP contribution is -2.32. The van der Waals surface area contributed by atoms with E-state index in [4.69, 9.17) is 9.47 Å². The standard InChI is InChI=1S/C22H38O5/c1-3-4-5-6-7-8-9-10-19-11-13-21(14-12-19)27-16-15-26-18-20(23)17-22(2,24)25/h11-14,20,23-25H,3-10,15-18H2,1-2H3. The van der Waals surface area contributed by atoms with Crippen LogP contribution in [0.15, 0.2) is 24.3 Å². The van der Waals surface area contributed by atoms with Gasteiger partial charge in [0.1, 0.15) is 12.4 Å². The smallest absolute Gasteiger partial charge is 0.162 e. The Bertz CT molecular complexity index is 467. The second kappa shape index (κ2) is 13.9. The summed E-state index contributed by atoms with van der Waals surface area (Å²) in [6.07, 6.45) is 9.33. The number of unbranched alkanes of at least 4 members (excludes halogenated alkanes) is 6. The van der Waals surface area contributed by atoms with Gasteiger partial charge in [0.2, 0.25) is 0 Å². The van der Waals surface area contributed by atoms with Gasteiger partial charge in [0, 0.05) is 6.42 Å². The van der Waals surface area contributed by atoms with Gasteiger partial charge in [0.05, 0.1) is 19.3 Å². The Balaban J connectivity index is 2.07. The minimum atomic E-state index is -1.88. The number of hydrogen-bond donors (Lipinski definition) is 3. The molecule has 1 atom stereocenters. The van der Waals surface area contributed by atoms with Crippen molar-refractivity contribution in [1.82, 2.24) is 0 Å². The van der Waals surface area contributed by atoms with Crippen LogP contribution in [0.2, 0.25) is 0 Å². The van der Waals surface area contributed by atoms with E-state index in [2.05, 4.69) is 19.1 Å². The van der Waals surface area contributed by atoms with Crippen LogP contribution in [-0.4, -0.2) is 47.0 Å². The van der Waals surface area contributed by atoms with E-state index < -0.39 is 11.9 Å². The minimum absolute atomic E-state index is 0.0530. The first kappa shape index (κ1) is 23.9. The van der Waals surface area contributed by atoms with E-state index in [1.54, 1.807) is 0 Å². The number of hydrogen-bond acceptors (Lipinski definition) is 5. The molecule has 0 saturated heterocycles. The molecule has 0 spiro atoms. The summed E-state index contributed by atoms with van der Waals surface area (Å²) in [7, 11) is 0. The van der Waals surface area contributed by atoms with Crippen LogP contribution in [0.5, 0.6) is 5.75 Å². The monoisotopic (exact) mass is 382 g/mol. The van der Waals surface area contributed by atoms with Crippen LogP contribution in [0, 0.1) is 0 Å². The first-order valence-electron chi connectivity index (χ1n) is 10.3. The summed E-state index contributed by atoms with van der Waals surface area (Å²) in [5, 5.41) is 28.0. The number of rotatable bonds is 16. The molecule has 1 rings (SSSR count). The normalized spacial score (nSPS) is 12.9. The van der Waals surface area contributed by atoms with Crippen molar-refractivity contribution < 1.29 is 24.8 Å². The van der Waals surface area contributed by atoms with Gasteiger partial charge in [-0.15, -0.1) is 0 Å². The van der Waals surface area contributed by atoms with Crippen molar-refractivity contribution in [2.75, 3.05) is 19.8 Å². The van der Waals surface area contributed by atoms with Crippen molar-refractivity contribution in [1.29, 1.82) is 0 Å². The fourth-order valence-electron chi connectivity index (χ4n) is 2.98. The zero-order valence-corrected chi connectivity index (χ0v) is 17.0. The van der Waals surface area contributed by atoms with Gasteiger partial charge in [-0.05, 0) is 37.5 Å². The van der Waals surface area contributed by atoms with E-state index in [1.807, 2.05) is 12.1 Å². The van der Waals surface area contributed by atoms with Crippen molar-refractivity contribution >= 4 is 0 Å². The van der Waals surface area contributed by atoms with E-state index in [1.165, 1.54) is 57.4 Å². The quantitative estimate of drug-likeness (QED) is 0.299. The Kier molecular flexibility index (Phi) is 12.3. The van der Waals surface area contributed by atoms with Gasteiger partial charge in [-0.25, -0.2) is 0 Å². The van der Waals surface area contributed by atoms with E-state index in [0.29, 0.717) is 13.2 Å². The maximum absolute atomic E-state index is 9.59. The lowest BCUT2D eigenvalue weighted by molar-refractivity contribution is -0.170. The maximum atomic E-state index is 9.59. The summed E-state index contributed by atoms with van der Waals surface area (Å²) in [6.45, 7) is 4.26. The molecule has 0 aliphatic heterocycles. The minimum Gasteiger partial charge on any atom is -0.491 e. The van der Waals surface area contributed by atoms with Crippen molar-refractivity contribution in [2.45, 2.75) is 83.5 Å². The van der Waals surface area contributed by atoms with E-state index >= 15 is 0 Å². The molecule has 0 aliphatic rings. The molecular formula is C22H38O5. The molecular weight excluding hydrogens is 344 g/mol. The summed E-state index contributed by atoms with van der Waals surface area (Å²) in [4.78, 5) is 0. The Morgan fingerprint density at radius 2 is 1.56 bits per heavy atom. The molecule has 0 fully saturated rings. The molecule has 0 heterocycles. The molecule has 156 valence electrons. The van der Waals surface area contributed by atoms with Crippen molar-refractivity contribution in [3.8, 4) is 5.75 Å². The Morgan fingerprint density at radius 3 is 2.19 bits per heavy atom. The van der Waals surface area contributed by atoms with Crippen LogP contribution in [0.3, 0.4) is 0 Å². The van der Waals surface area contributed by atoms with Gasteiger partial charge >= 0.3 is 0 Å². The Morgan fingerprint density at radius 1 is 0.926 bits per heavy atom. The molecule has 1 aromatic rings. The molecule has 0 amide bonds. The van der Waals surface area contributed by atoms with Gasteiger partial charge in [-0.3, -0.25) is 0 Å². The lowest BCUT2D eigenvalue weighted by atomic mass is 10.0. The van der Waals surface area contributed by atoms with Gasteiger partial charge < -0.3 is 24.8 Å². The average Bonchev–Trinajstić information content (AvgIpc) is 2.60. The second-order valence-electron chi connectivity index (χ2n) is 7.51. The zero-order valence-electron chi connectivity index (χ0n) is 17.0. The highest BCUT2D eigenvalue weighted by molar-refractivity contribution is 5.27. The Labute approximate surface area is 164 Å². The molecule has 5 heteroatoms. The third kappa shape index (κ3) is 13.6. The highest BCUT2D eigenvalue weighted by Crippen LogP contribution is 2.15. The Hall–Kier alpha value is -1.14. The second-order valence-corrected chi connectivity index (χ2v) is 7.51. The van der Waals surface area contributed by atoms with Crippen LogP contribution < -0.4 is 4.74 Å². The summed E-state index contributed by atoms with van der Waals surface area (Å²) in [5.74, 6) is -1.07. The molecule has 1 unspecified atom stereocenters. The summed E-state index contributed by atoms with van der Waals surface area (Å²) in [5.41, 5.74) is 1.34. The molecule has 0 saturated carbocycles. The number of aryl methyl sites for hydroxylation is 1. The first-order valence-corrected chi connectivity index (χ1v) is 10.3. The summed E-state index contributed by atoms with van der Waals surface area (Å²) < 4.78 is 10.9. The van der Waals surface area contributed by atoms with Gasteiger partial charge in [0.15, 0.2) is 5.79 Å². The number of aliphatic hydroxyl groups excluding tert-OH is 1. The molecule has 27 heavy (non-hydrogen) atoms. The van der Waals surface area contributed by atoms with Crippen molar-refractivity contribution in [3.05, 3.63) is 29.8 Å². The lowest BCUT2D eigenvalue weighted by Gasteiger charge is -2.19. The van der Waals surface area contributed by atoms with E-state index in [0.717, 1.165) is 12.2 Å². The molecule has 0 aliphatic carbocycles. The van der Waals surface area contributed by atoms with Crippen molar-refractivity contribution in [2.24, 2.45) is 0 Å². The third-order valence-electron chi connectivity index (χ3n) is 4.42. The molecule has 5 nitrogen and oxygen atoms in total. The van der Waals surface area contributed by atoms with Crippen LogP contribution in [0.4, 0.5) is 0 Å². The molecule has 1 aromatic carbocycles. The summed E-state index contributed by atoms with van der Waals surface area (Å²) >= 11 is 0. The summed E-state index contributed by atoms with van der Waals surface area (Å²) in [6, 6.07) is 8.18. The topological polar surface area (TPSA) is 79.2 Å². The fourth-order valence-corrected chi connectivity index (χ4v) is 2.98. The van der Waals surface area contributed by atoms with Crippen LogP contribution in [-0.2, 0) is 11.2 Å². The largest absolute Gasteiger partial charge is 0.491 e. The molecule has 3 N–H and O–H groups in total. The van der Waals surface area contributed by atoms with Crippen LogP contribution in [0.25, 0.3) is 0 Å². The van der Waals surface area contributed by atoms with Gasteiger partial charge in [0.25, 0.3) is 0 Å². The third-order valence-corrected chi connectivity index (χ3v) is 4.42. The van der Waals surface area contributed by atoms with Crippen LogP contribution in [0.1, 0.15) is 70.8 Å². The predicted molar refractivity (Wildman–Crippen MR) is 108 cm³/mol. The molecule has 0 radical (unpaired) electrons. The fraction of sp³-hybridized carbons (Fsp3) is 0.727. The molecule has 0 bridgehead atoms. The van der Waals surface area contributed by atoms with Crippen LogP contribution >= 0.6 is 0 Å². The maximum Gasteiger partial charge on any atom is 0.162 e. The zero-order chi connectivity index (χ0) is 20.0. The highest BCUT2D eigenvalue weighted by atomic mass is 16.5. The number of aliphatic hydroxyl groups is 3. The van der Waals surface area contributed by atoms with E-state index in [9.17, 15) is 15.3 Å². The SMILES string of the molecule is CCCCCCCCCc1ccc(OCCOCC(O)CC(C)(O)O)cc1. The van der Waals surface area contributed by atoms with Crippen molar-refractivity contribution in [3.63, 3.8) is 0 Å². The van der Waals surface area contributed by atoms with Gasteiger partial charge in [-0.2, -0.15) is 0 Å². The first-order chi connectivity index (χ1) is 12.9. The van der Waals surface area contributed by atoms with E-state index in [-0.39, 0.29) is 13.0 Å². The molecule has 0 aromatic heterocycles. The predicted octanol–water partition coefficient (Wildman–Crippen LogP) is 3.83. The van der Waals surface area contributed by atoms with Gasteiger partial charge in [-0.1, -0.05) is 57.6 Å². The highest BCUT2D eigenvalue weighted by Gasteiger charge is 2.20. The number of benzene rings is 1. The average molecular weight is 383 g/mol. The number of ether oxygens (including phenoxy) is 2.